The second-order valence-electron chi connectivity index (χ2n) is 5.69. The molecule has 0 heterocycles. The number of nitrogens with one attached hydrogen (secondary N) is 1. The van der Waals surface area contributed by atoms with Crippen LogP contribution < -0.4 is 5.32 Å². The predicted molar refractivity (Wildman–Crippen MR) is 72.0 cm³/mol. The SMILES string of the molecule is COCC(NCCS(=O)(=O)C(C)(C)C)C(C)C. The van der Waals surface area contributed by atoms with Gasteiger partial charge in [0.1, 0.15) is 0 Å². The van der Waals surface area contributed by atoms with Crippen LogP contribution in [-0.2, 0) is 14.6 Å². The van der Waals surface area contributed by atoms with E-state index >= 15 is 0 Å². The fourth-order valence-corrected chi connectivity index (χ4v) is 2.35. The number of rotatable bonds is 7. The summed E-state index contributed by atoms with van der Waals surface area (Å²) in [6, 6.07) is 0.204. The zero-order valence-electron chi connectivity index (χ0n) is 11.9. The van der Waals surface area contributed by atoms with Gasteiger partial charge in [0.05, 0.1) is 17.1 Å². The van der Waals surface area contributed by atoms with Gasteiger partial charge < -0.3 is 10.1 Å². The molecule has 104 valence electrons. The molecule has 0 amide bonds. The number of ether oxygens (including phenoxy) is 1. The zero-order chi connectivity index (χ0) is 13.7. The largest absolute Gasteiger partial charge is 0.383 e. The van der Waals surface area contributed by atoms with Crippen LogP contribution in [-0.4, -0.2) is 45.2 Å². The summed E-state index contributed by atoms with van der Waals surface area (Å²) in [4.78, 5) is 0. The number of hydrogen-bond donors (Lipinski definition) is 1. The van der Waals surface area contributed by atoms with Crippen molar-refractivity contribution in [3.05, 3.63) is 0 Å². The third kappa shape index (κ3) is 5.84. The van der Waals surface area contributed by atoms with Crippen molar-refractivity contribution in [2.45, 2.75) is 45.4 Å². The van der Waals surface area contributed by atoms with Crippen molar-refractivity contribution in [1.82, 2.24) is 5.32 Å². The van der Waals surface area contributed by atoms with Crippen LogP contribution >= 0.6 is 0 Å². The van der Waals surface area contributed by atoms with Crippen LogP contribution in [0.2, 0.25) is 0 Å². The smallest absolute Gasteiger partial charge is 0.156 e. The van der Waals surface area contributed by atoms with Crippen LogP contribution in [0, 0.1) is 5.92 Å². The number of sulfone groups is 1. The van der Waals surface area contributed by atoms with Crippen LogP contribution in [0.4, 0.5) is 0 Å². The van der Waals surface area contributed by atoms with Crippen molar-refractivity contribution in [3.8, 4) is 0 Å². The summed E-state index contributed by atoms with van der Waals surface area (Å²) in [6.45, 7) is 10.5. The Morgan fingerprint density at radius 2 is 1.76 bits per heavy atom. The Hall–Kier alpha value is -0.130. The molecule has 0 aromatic rings. The van der Waals surface area contributed by atoms with Crippen LogP contribution in [0.3, 0.4) is 0 Å². The van der Waals surface area contributed by atoms with Crippen LogP contribution in [0.15, 0.2) is 0 Å². The highest BCUT2D eigenvalue weighted by Gasteiger charge is 2.28. The third-order valence-electron chi connectivity index (χ3n) is 2.86. The van der Waals surface area contributed by atoms with Gasteiger partial charge in [-0.1, -0.05) is 13.8 Å². The zero-order valence-corrected chi connectivity index (χ0v) is 12.7. The molecule has 0 aromatic carbocycles. The van der Waals surface area contributed by atoms with Crippen LogP contribution in [0.25, 0.3) is 0 Å². The Morgan fingerprint density at radius 1 is 1.24 bits per heavy atom. The fraction of sp³-hybridized carbons (Fsp3) is 1.00. The predicted octanol–water partition coefficient (Wildman–Crippen LogP) is 1.46. The van der Waals surface area contributed by atoms with Crippen molar-refractivity contribution in [2.24, 2.45) is 5.92 Å². The Bertz CT molecular complexity index is 304. The molecule has 0 radical (unpaired) electrons. The standard InChI is InChI=1S/C12H27NO3S/c1-10(2)11(9-16-6)13-7-8-17(14,15)12(3,4)5/h10-11,13H,7-9H2,1-6H3. The summed E-state index contributed by atoms with van der Waals surface area (Å²) < 4.78 is 28.2. The van der Waals surface area contributed by atoms with Gasteiger partial charge in [-0.25, -0.2) is 8.42 Å². The van der Waals surface area contributed by atoms with Gasteiger partial charge in [-0.05, 0) is 26.7 Å². The molecular formula is C12H27NO3S. The van der Waals surface area contributed by atoms with E-state index < -0.39 is 14.6 Å². The topological polar surface area (TPSA) is 55.4 Å². The van der Waals surface area contributed by atoms with Crippen molar-refractivity contribution < 1.29 is 13.2 Å². The lowest BCUT2D eigenvalue weighted by atomic mass is 10.1. The molecule has 1 atom stereocenters. The summed E-state index contributed by atoms with van der Waals surface area (Å²) in [6.07, 6.45) is 0. The molecule has 0 saturated carbocycles. The summed E-state index contributed by atoms with van der Waals surface area (Å²) in [5.41, 5.74) is 0. The van der Waals surface area contributed by atoms with E-state index in [-0.39, 0.29) is 11.8 Å². The molecule has 0 aliphatic carbocycles. The molecule has 0 spiro atoms. The lowest BCUT2D eigenvalue weighted by Crippen LogP contribution is -2.42. The maximum Gasteiger partial charge on any atom is 0.156 e. The summed E-state index contributed by atoms with van der Waals surface area (Å²) >= 11 is 0. The van der Waals surface area contributed by atoms with E-state index in [2.05, 4.69) is 19.2 Å². The molecule has 0 aromatic heterocycles. The molecule has 0 rings (SSSR count). The average Bonchev–Trinajstić information content (AvgIpc) is 2.14. The Morgan fingerprint density at radius 3 is 2.12 bits per heavy atom. The molecule has 17 heavy (non-hydrogen) atoms. The van der Waals surface area contributed by atoms with Gasteiger partial charge in [-0.3, -0.25) is 0 Å². The maximum absolute atomic E-state index is 11.9. The van der Waals surface area contributed by atoms with E-state index in [9.17, 15) is 8.42 Å². The first kappa shape index (κ1) is 16.9. The molecule has 0 bridgehead atoms. The van der Waals surface area contributed by atoms with E-state index in [0.29, 0.717) is 19.1 Å². The highest BCUT2D eigenvalue weighted by atomic mass is 32.2. The van der Waals surface area contributed by atoms with Gasteiger partial charge in [0, 0.05) is 19.7 Å². The molecule has 0 aliphatic heterocycles. The minimum absolute atomic E-state index is 0.170. The van der Waals surface area contributed by atoms with Crippen molar-refractivity contribution in [1.29, 1.82) is 0 Å². The first-order valence-electron chi connectivity index (χ1n) is 6.06. The Balaban J connectivity index is 4.22. The maximum atomic E-state index is 11.9. The molecule has 0 fully saturated rings. The van der Waals surface area contributed by atoms with Gasteiger partial charge in [-0.2, -0.15) is 0 Å². The minimum Gasteiger partial charge on any atom is -0.383 e. The highest BCUT2D eigenvalue weighted by Crippen LogP contribution is 2.15. The molecule has 1 N–H and O–H groups in total. The molecule has 1 unspecified atom stereocenters. The summed E-state index contributed by atoms with van der Waals surface area (Å²) in [5.74, 6) is 0.593. The minimum atomic E-state index is -3.04. The lowest BCUT2D eigenvalue weighted by molar-refractivity contribution is 0.148. The van der Waals surface area contributed by atoms with Crippen molar-refractivity contribution in [3.63, 3.8) is 0 Å². The van der Waals surface area contributed by atoms with E-state index in [0.717, 1.165) is 0 Å². The quantitative estimate of drug-likeness (QED) is 0.757. The highest BCUT2D eigenvalue weighted by molar-refractivity contribution is 7.92. The lowest BCUT2D eigenvalue weighted by Gasteiger charge is -2.23. The fourth-order valence-electron chi connectivity index (χ4n) is 1.35. The molecular weight excluding hydrogens is 238 g/mol. The van der Waals surface area contributed by atoms with Crippen molar-refractivity contribution in [2.75, 3.05) is 26.0 Å². The Kier molecular flexibility index (Phi) is 6.66. The van der Waals surface area contributed by atoms with E-state index in [4.69, 9.17) is 4.74 Å². The normalized spacial score (nSPS) is 15.2. The van der Waals surface area contributed by atoms with E-state index in [1.807, 2.05) is 0 Å². The van der Waals surface area contributed by atoms with E-state index in [1.165, 1.54) is 0 Å². The van der Waals surface area contributed by atoms with Gasteiger partial charge >= 0.3 is 0 Å². The van der Waals surface area contributed by atoms with Gasteiger partial charge in [0.25, 0.3) is 0 Å². The monoisotopic (exact) mass is 265 g/mol. The molecule has 0 saturated heterocycles. The molecule has 5 heteroatoms. The second kappa shape index (κ2) is 6.71. The van der Waals surface area contributed by atoms with Gasteiger partial charge in [0.2, 0.25) is 0 Å². The van der Waals surface area contributed by atoms with Crippen LogP contribution in [0.5, 0.6) is 0 Å². The van der Waals surface area contributed by atoms with Gasteiger partial charge in [-0.15, -0.1) is 0 Å². The average molecular weight is 265 g/mol. The van der Waals surface area contributed by atoms with Crippen molar-refractivity contribution >= 4 is 9.84 Å². The van der Waals surface area contributed by atoms with Gasteiger partial charge in [0.15, 0.2) is 9.84 Å². The summed E-state index contributed by atoms with van der Waals surface area (Å²) in [5, 5.41) is 3.24. The molecule has 4 nitrogen and oxygen atoms in total. The first-order chi connectivity index (χ1) is 7.62. The second-order valence-corrected chi connectivity index (χ2v) is 8.55. The molecule has 0 aliphatic rings. The number of methoxy groups -OCH3 is 1. The van der Waals surface area contributed by atoms with E-state index in [1.54, 1.807) is 27.9 Å². The third-order valence-corrected chi connectivity index (χ3v) is 5.47. The van der Waals surface area contributed by atoms with Crippen LogP contribution in [0.1, 0.15) is 34.6 Å². The first-order valence-corrected chi connectivity index (χ1v) is 7.71. The Labute approximate surface area is 106 Å². The number of hydrogen-bond acceptors (Lipinski definition) is 4. The summed E-state index contributed by atoms with van der Waals surface area (Å²) in [7, 11) is -1.38.